The molecule has 0 saturated carbocycles. The van der Waals surface area contributed by atoms with E-state index in [0.29, 0.717) is 23.3 Å². The van der Waals surface area contributed by atoms with Gasteiger partial charge in [-0.25, -0.2) is 4.68 Å². The van der Waals surface area contributed by atoms with Gasteiger partial charge < -0.3 is 9.32 Å². The van der Waals surface area contributed by atoms with Crippen LogP contribution in [0.1, 0.15) is 31.2 Å². The van der Waals surface area contributed by atoms with E-state index in [1.54, 1.807) is 4.68 Å². The van der Waals surface area contributed by atoms with E-state index in [1.807, 2.05) is 36.1 Å². The second-order valence-corrected chi connectivity index (χ2v) is 7.90. The van der Waals surface area contributed by atoms with Crippen LogP contribution in [-0.2, 0) is 11.5 Å². The van der Waals surface area contributed by atoms with E-state index in [2.05, 4.69) is 10.00 Å². The minimum absolute atomic E-state index is 0.173. The van der Waals surface area contributed by atoms with Crippen molar-refractivity contribution < 1.29 is 9.21 Å². The van der Waals surface area contributed by atoms with Gasteiger partial charge in [-0.3, -0.25) is 9.69 Å². The summed E-state index contributed by atoms with van der Waals surface area (Å²) in [6.45, 7) is 6.30. The number of piperidine rings is 1. The Kier molecular flexibility index (Phi) is 5.41. The molecule has 0 spiro atoms. The van der Waals surface area contributed by atoms with Crippen LogP contribution >= 0.6 is 12.2 Å². The molecule has 0 N–H and O–H groups in total. The highest BCUT2D eigenvalue weighted by Gasteiger charge is 2.30. The second kappa shape index (κ2) is 7.94. The fourth-order valence-electron chi connectivity index (χ4n) is 4.02. The molecule has 0 radical (unpaired) electrons. The number of hydrogen-bond acceptors (Lipinski definition) is 5. The van der Waals surface area contributed by atoms with Crippen LogP contribution < -0.4 is 0 Å². The molecule has 2 aliphatic heterocycles. The zero-order valence-corrected chi connectivity index (χ0v) is 16.6. The summed E-state index contributed by atoms with van der Waals surface area (Å²) in [4.78, 5) is 17.3. The molecule has 6 nitrogen and oxygen atoms in total. The zero-order chi connectivity index (χ0) is 18.8. The minimum atomic E-state index is 0.173. The maximum atomic E-state index is 12.6. The van der Waals surface area contributed by atoms with Gasteiger partial charge in [-0.05, 0) is 56.5 Å². The smallest absolute Gasteiger partial charge is 0.288 e. The first-order valence-electron chi connectivity index (χ1n) is 9.77. The third kappa shape index (κ3) is 3.99. The van der Waals surface area contributed by atoms with E-state index in [9.17, 15) is 4.79 Å². The maximum Gasteiger partial charge on any atom is 0.288 e. The number of amides is 1. The van der Waals surface area contributed by atoms with Crippen molar-refractivity contribution in [1.82, 2.24) is 19.6 Å². The van der Waals surface area contributed by atoms with Gasteiger partial charge in [0.05, 0.1) is 6.67 Å². The number of rotatable bonds is 4. The van der Waals surface area contributed by atoms with Gasteiger partial charge in [-0.1, -0.05) is 18.2 Å². The van der Waals surface area contributed by atoms with E-state index in [4.69, 9.17) is 16.6 Å². The molecule has 144 valence electrons. The average molecular weight is 387 g/mol. The van der Waals surface area contributed by atoms with Gasteiger partial charge in [0.15, 0.2) is 0 Å². The average Bonchev–Trinajstić information content (AvgIpc) is 3.33. The molecule has 1 amide bonds. The van der Waals surface area contributed by atoms with Crippen LogP contribution in [0.3, 0.4) is 0 Å². The first-order valence-corrected chi connectivity index (χ1v) is 10.2. The zero-order valence-electron chi connectivity index (χ0n) is 15.8. The van der Waals surface area contributed by atoms with Crippen molar-refractivity contribution >= 4 is 18.1 Å². The van der Waals surface area contributed by atoms with Crippen LogP contribution in [0.15, 0.2) is 28.7 Å². The van der Waals surface area contributed by atoms with E-state index < -0.39 is 0 Å². The van der Waals surface area contributed by atoms with Gasteiger partial charge in [-0.15, -0.1) is 5.10 Å². The SMILES string of the molecule is Cc1ccccc1-c1nn(CN2CCC(C(=O)N3CCCC3)CC2)c(=S)o1. The van der Waals surface area contributed by atoms with Crippen molar-refractivity contribution in [3.05, 3.63) is 34.7 Å². The molecule has 2 aliphatic rings. The van der Waals surface area contributed by atoms with Gasteiger partial charge in [0, 0.05) is 37.7 Å². The third-order valence-corrected chi connectivity index (χ3v) is 5.96. The third-order valence-electron chi connectivity index (χ3n) is 5.67. The van der Waals surface area contributed by atoms with Gasteiger partial charge in [0.2, 0.25) is 11.8 Å². The summed E-state index contributed by atoms with van der Waals surface area (Å²) in [7, 11) is 0. The standard InChI is InChI=1S/C20H26N4O2S/c1-15-6-2-3-7-17(15)18-21-24(20(27)26-18)14-22-12-8-16(9-13-22)19(25)23-10-4-5-11-23/h2-3,6-7,16H,4-5,8-14H2,1H3. The largest absolute Gasteiger partial charge is 0.409 e. The van der Waals surface area contributed by atoms with Crippen LogP contribution in [0.5, 0.6) is 0 Å². The van der Waals surface area contributed by atoms with E-state index in [1.165, 1.54) is 0 Å². The number of benzene rings is 1. The molecule has 2 aromatic rings. The fraction of sp³-hybridized carbons (Fsp3) is 0.550. The number of aromatic nitrogens is 2. The highest BCUT2D eigenvalue weighted by Crippen LogP contribution is 2.24. The summed E-state index contributed by atoms with van der Waals surface area (Å²) in [6.07, 6.45) is 4.12. The normalized spacial score (nSPS) is 18.9. The molecule has 0 unspecified atom stereocenters. The molecule has 0 atom stereocenters. The Morgan fingerprint density at radius 1 is 1.19 bits per heavy atom. The number of aryl methyl sites for hydroxylation is 1. The number of nitrogens with zero attached hydrogens (tertiary/aromatic N) is 4. The summed E-state index contributed by atoms with van der Waals surface area (Å²) >= 11 is 5.37. The highest BCUT2D eigenvalue weighted by molar-refractivity contribution is 7.71. The van der Waals surface area contributed by atoms with Gasteiger partial charge in [-0.2, -0.15) is 0 Å². The lowest BCUT2D eigenvalue weighted by molar-refractivity contribution is -0.136. The van der Waals surface area contributed by atoms with Gasteiger partial charge in [0.1, 0.15) is 0 Å². The van der Waals surface area contributed by atoms with Crippen LogP contribution in [0.25, 0.3) is 11.5 Å². The topological polar surface area (TPSA) is 54.5 Å². The Bertz CT molecular complexity index is 861. The lowest BCUT2D eigenvalue weighted by atomic mass is 9.95. The van der Waals surface area contributed by atoms with Crippen molar-refractivity contribution in [3.63, 3.8) is 0 Å². The summed E-state index contributed by atoms with van der Waals surface area (Å²) in [5.74, 6) is 1.09. The van der Waals surface area contributed by atoms with Crippen LogP contribution in [0.2, 0.25) is 0 Å². The first kappa shape index (κ1) is 18.4. The van der Waals surface area contributed by atoms with E-state index >= 15 is 0 Å². The van der Waals surface area contributed by atoms with Crippen LogP contribution in [0, 0.1) is 17.7 Å². The molecule has 7 heteroatoms. The molecule has 2 fully saturated rings. The molecule has 0 bridgehead atoms. The Hall–Kier alpha value is -1.99. The second-order valence-electron chi connectivity index (χ2n) is 7.55. The first-order chi connectivity index (χ1) is 13.1. The molecule has 3 heterocycles. The molecular formula is C20H26N4O2S. The van der Waals surface area contributed by atoms with E-state index in [0.717, 1.165) is 63.0 Å². The van der Waals surface area contributed by atoms with Crippen molar-refractivity contribution in [2.24, 2.45) is 5.92 Å². The lowest BCUT2D eigenvalue weighted by Crippen LogP contribution is -2.42. The number of likely N-dealkylation sites (tertiary alicyclic amines) is 2. The van der Waals surface area contributed by atoms with Crippen LogP contribution in [-0.4, -0.2) is 51.7 Å². The minimum Gasteiger partial charge on any atom is -0.409 e. The Balaban J connectivity index is 1.37. The molecule has 27 heavy (non-hydrogen) atoms. The van der Waals surface area contributed by atoms with E-state index in [-0.39, 0.29) is 5.92 Å². The Morgan fingerprint density at radius 2 is 1.89 bits per heavy atom. The Labute approximate surface area is 164 Å². The molecule has 1 aromatic heterocycles. The predicted octanol–water partition coefficient (Wildman–Crippen LogP) is 3.47. The predicted molar refractivity (Wildman–Crippen MR) is 106 cm³/mol. The summed E-state index contributed by atoms with van der Waals surface area (Å²) in [6, 6.07) is 8.00. The highest BCUT2D eigenvalue weighted by atomic mass is 32.1. The Morgan fingerprint density at radius 3 is 2.59 bits per heavy atom. The lowest BCUT2D eigenvalue weighted by Gasteiger charge is -2.32. The maximum absolute atomic E-state index is 12.6. The van der Waals surface area contributed by atoms with Crippen molar-refractivity contribution in [2.75, 3.05) is 26.2 Å². The molecule has 4 rings (SSSR count). The molecule has 1 aromatic carbocycles. The van der Waals surface area contributed by atoms with Crippen molar-refractivity contribution in [3.8, 4) is 11.5 Å². The van der Waals surface area contributed by atoms with Crippen LogP contribution in [0.4, 0.5) is 0 Å². The number of carbonyl (C=O) groups excluding carboxylic acids is 1. The monoisotopic (exact) mass is 386 g/mol. The van der Waals surface area contributed by atoms with Crippen molar-refractivity contribution in [1.29, 1.82) is 0 Å². The van der Waals surface area contributed by atoms with Gasteiger partial charge in [0.25, 0.3) is 4.84 Å². The van der Waals surface area contributed by atoms with Gasteiger partial charge >= 0.3 is 0 Å². The fourth-order valence-corrected chi connectivity index (χ4v) is 4.20. The molecule has 2 saturated heterocycles. The number of hydrogen-bond donors (Lipinski definition) is 0. The van der Waals surface area contributed by atoms with Crippen molar-refractivity contribution in [2.45, 2.75) is 39.3 Å². The summed E-state index contributed by atoms with van der Waals surface area (Å²) < 4.78 is 7.48. The summed E-state index contributed by atoms with van der Waals surface area (Å²) in [5.41, 5.74) is 2.08. The number of carbonyl (C=O) groups is 1. The molecular weight excluding hydrogens is 360 g/mol. The summed E-state index contributed by atoms with van der Waals surface area (Å²) in [5, 5.41) is 4.58. The quantitative estimate of drug-likeness (QED) is 0.753. The molecule has 0 aliphatic carbocycles.